The van der Waals surface area contributed by atoms with Gasteiger partial charge in [0, 0.05) is 3.57 Å². The second-order valence-electron chi connectivity index (χ2n) is 2.19. The summed E-state index contributed by atoms with van der Waals surface area (Å²) in [5.74, 6) is -0.230. The second kappa shape index (κ2) is 2.44. The number of H-pyrrole nitrogens is 1. The molecule has 0 aliphatic carbocycles. The molecule has 4 heteroatoms. The number of nitrogens with one attached hydrogen (secondary N) is 1. The third-order valence-electron chi connectivity index (χ3n) is 1.44. The molecular formula is C7H4FIN2. The van der Waals surface area contributed by atoms with Gasteiger partial charge in [-0.1, -0.05) is 0 Å². The SMILES string of the molecule is Fc1cc(I)c2nc[nH]c2c1. The highest BCUT2D eigenvalue weighted by Gasteiger charge is 2.02. The third-order valence-corrected chi connectivity index (χ3v) is 2.26. The Morgan fingerprint density at radius 2 is 2.27 bits per heavy atom. The van der Waals surface area contributed by atoms with E-state index in [4.69, 9.17) is 0 Å². The zero-order chi connectivity index (χ0) is 7.84. The minimum atomic E-state index is -0.230. The number of aromatic amines is 1. The lowest BCUT2D eigenvalue weighted by atomic mass is 10.3. The van der Waals surface area contributed by atoms with Crippen molar-refractivity contribution in [2.45, 2.75) is 0 Å². The van der Waals surface area contributed by atoms with E-state index in [2.05, 4.69) is 32.6 Å². The summed E-state index contributed by atoms with van der Waals surface area (Å²) < 4.78 is 13.6. The number of aromatic nitrogens is 2. The molecule has 0 amide bonds. The van der Waals surface area contributed by atoms with Crippen molar-refractivity contribution < 1.29 is 4.39 Å². The minimum absolute atomic E-state index is 0.230. The van der Waals surface area contributed by atoms with Gasteiger partial charge in [-0.05, 0) is 34.7 Å². The number of halogens is 2. The van der Waals surface area contributed by atoms with Crippen LogP contribution in [0.4, 0.5) is 4.39 Å². The molecule has 0 spiro atoms. The van der Waals surface area contributed by atoms with Gasteiger partial charge in [-0.2, -0.15) is 0 Å². The molecule has 0 saturated carbocycles. The van der Waals surface area contributed by atoms with Gasteiger partial charge in [-0.25, -0.2) is 9.37 Å². The molecule has 2 rings (SSSR count). The van der Waals surface area contributed by atoms with E-state index in [0.29, 0.717) is 0 Å². The van der Waals surface area contributed by atoms with Crippen LogP contribution in [-0.4, -0.2) is 9.97 Å². The topological polar surface area (TPSA) is 28.7 Å². The molecular weight excluding hydrogens is 258 g/mol. The normalized spacial score (nSPS) is 10.7. The number of rotatable bonds is 0. The summed E-state index contributed by atoms with van der Waals surface area (Å²) in [7, 11) is 0. The lowest BCUT2D eigenvalue weighted by molar-refractivity contribution is 0.628. The molecule has 0 bridgehead atoms. The van der Waals surface area contributed by atoms with Crippen LogP contribution in [0, 0.1) is 9.39 Å². The van der Waals surface area contributed by atoms with Gasteiger partial charge < -0.3 is 4.98 Å². The maximum atomic E-state index is 12.7. The molecule has 11 heavy (non-hydrogen) atoms. The first-order chi connectivity index (χ1) is 5.27. The molecule has 0 saturated heterocycles. The molecule has 2 aromatic rings. The molecule has 0 unspecified atom stereocenters. The Labute approximate surface area is 76.0 Å². The highest BCUT2D eigenvalue weighted by molar-refractivity contribution is 14.1. The van der Waals surface area contributed by atoms with Gasteiger partial charge in [-0.3, -0.25) is 0 Å². The van der Waals surface area contributed by atoms with Gasteiger partial charge in [0.2, 0.25) is 0 Å². The fraction of sp³-hybridized carbons (Fsp3) is 0. The van der Waals surface area contributed by atoms with E-state index in [9.17, 15) is 4.39 Å². The van der Waals surface area contributed by atoms with Crippen LogP contribution in [0.5, 0.6) is 0 Å². The number of hydrogen-bond donors (Lipinski definition) is 1. The average molecular weight is 262 g/mol. The van der Waals surface area contributed by atoms with Crippen molar-refractivity contribution in [3.05, 3.63) is 27.8 Å². The molecule has 1 aromatic heterocycles. The van der Waals surface area contributed by atoms with Crippen molar-refractivity contribution in [3.63, 3.8) is 0 Å². The van der Waals surface area contributed by atoms with Gasteiger partial charge in [0.1, 0.15) is 11.3 Å². The van der Waals surface area contributed by atoms with Crippen LogP contribution in [0.3, 0.4) is 0 Å². The molecule has 0 atom stereocenters. The third kappa shape index (κ3) is 1.11. The fourth-order valence-electron chi connectivity index (χ4n) is 0.974. The highest BCUT2D eigenvalue weighted by atomic mass is 127. The van der Waals surface area contributed by atoms with Crippen LogP contribution in [-0.2, 0) is 0 Å². The average Bonchev–Trinajstić information content (AvgIpc) is 2.34. The fourth-order valence-corrected chi connectivity index (χ4v) is 1.70. The van der Waals surface area contributed by atoms with Crippen LogP contribution >= 0.6 is 22.6 Å². The van der Waals surface area contributed by atoms with Crippen LogP contribution in [0.15, 0.2) is 18.5 Å². The molecule has 0 radical (unpaired) electrons. The lowest BCUT2D eigenvalue weighted by Crippen LogP contribution is -1.79. The summed E-state index contributed by atoms with van der Waals surface area (Å²) in [6, 6.07) is 2.90. The Hall–Kier alpha value is -0.650. The monoisotopic (exact) mass is 262 g/mol. The first-order valence-corrected chi connectivity index (χ1v) is 4.13. The van der Waals surface area contributed by atoms with Crippen LogP contribution in [0.2, 0.25) is 0 Å². The van der Waals surface area contributed by atoms with E-state index in [1.54, 1.807) is 6.33 Å². The zero-order valence-electron chi connectivity index (χ0n) is 5.44. The van der Waals surface area contributed by atoms with E-state index in [1.807, 2.05) is 0 Å². The largest absolute Gasteiger partial charge is 0.344 e. The molecule has 2 nitrogen and oxygen atoms in total. The Balaban J connectivity index is 2.91. The smallest absolute Gasteiger partial charge is 0.126 e. The van der Waals surface area contributed by atoms with Crippen LogP contribution in [0.1, 0.15) is 0 Å². The molecule has 0 aliphatic heterocycles. The Morgan fingerprint density at radius 1 is 1.45 bits per heavy atom. The maximum absolute atomic E-state index is 12.7. The zero-order valence-corrected chi connectivity index (χ0v) is 7.59. The van der Waals surface area contributed by atoms with Crippen molar-refractivity contribution in [2.75, 3.05) is 0 Å². The summed E-state index contributed by atoms with van der Waals surface area (Å²) in [6.45, 7) is 0. The van der Waals surface area contributed by atoms with Gasteiger partial charge in [0.05, 0.1) is 11.8 Å². The van der Waals surface area contributed by atoms with Gasteiger partial charge in [-0.15, -0.1) is 0 Å². The van der Waals surface area contributed by atoms with Crippen molar-refractivity contribution in [1.29, 1.82) is 0 Å². The number of benzene rings is 1. The Morgan fingerprint density at radius 3 is 3.09 bits per heavy atom. The molecule has 56 valence electrons. The van der Waals surface area contributed by atoms with E-state index in [-0.39, 0.29) is 5.82 Å². The molecule has 1 aromatic carbocycles. The van der Waals surface area contributed by atoms with E-state index >= 15 is 0 Å². The number of fused-ring (bicyclic) bond motifs is 1. The summed E-state index contributed by atoms with van der Waals surface area (Å²) in [6.07, 6.45) is 1.56. The van der Waals surface area contributed by atoms with Crippen LogP contribution < -0.4 is 0 Å². The quantitative estimate of drug-likeness (QED) is 0.725. The van der Waals surface area contributed by atoms with Crippen molar-refractivity contribution >= 4 is 33.6 Å². The van der Waals surface area contributed by atoms with Crippen molar-refractivity contribution in [2.24, 2.45) is 0 Å². The number of imidazole rings is 1. The van der Waals surface area contributed by atoms with Crippen molar-refractivity contribution in [1.82, 2.24) is 9.97 Å². The minimum Gasteiger partial charge on any atom is -0.344 e. The predicted octanol–water partition coefficient (Wildman–Crippen LogP) is 2.31. The first-order valence-electron chi connectivity index (χ1n) is 3.05. The van der Waals surface area contributed by atoms with Crippen molar-refractivity contribution in [3.8, 4) is 0 Å². The summed E-state index contributed by atoms with van der Waals surface area (Å²) >= 11 is 2.06. The van der Waals surface area contributed by atoms with Gasteiger partial charge in [0.25, 0.3) is 0 Å². The Bertz CT molecular complexity index is 396. The summed E-state index contributed by atoms with van der Waals surface area (Å²) in [5.41, 5.74) is 1.57. The Kier molecular flexibility index (Phi) is 1.56. The summed E-state index contributed by atoms with van der Waals surface area (Å²) in [4.78, 5) is 6.87. The standard InChI is InChI=1S/C7H4FIN2/c8-4-1-5(9)7-6(2-4)10-3-11-7/h1-3H,(H,10,11). The van der Waals surface area contributed by atoms with E-state index < -0.39 is 0 Å². The summed E-state index contributed by atoms with van der Waals surface area (Å²) in [5, 5.41) is 0. The molecule has 1 heterocycles. The van der Waals surface area contributed by atoms with E-state index in [1.165, 1.54) is 12.1 Å². The number of nitrogens with zero attached hydrogens (tertiary/aromatic N) is 1. The second-order valence-corrected chi connectivity index (χ2v) is 3.35. The van der Waals surface area contributed by atoms with Crippen LogP contribution in [0.25, 0.3) is 11.0 Å². The lowest BCUT2D eigenvalue weighted by Gasteiger charge is -1.92. The van der Waals surface area contributed by atoms with Gasteiger partial charge >= 0.3 is 0 Å². The predicted molar refractivity (Wildman–Crippen MR) is 48.8 cm³/mol. The molecule has 1 N–H and O–H groups in total. The van der Waals surface area contributed by atoms with Gasteiger partial charge in [0.15, 0.2) is 0 Å². The highest BCUT2D eigenvalue weighted by Crippen LogP contribution is 2.18. The molecule has 0 aliphatic rings. The van der Waals surface area contributed by atoms with E-state index in [0.717, 1.165) is 14.6 Å². The maximum Gasteiger partial charge on any atom is 0.126 e. The molecule has 0 fully saturated rings. The first kappa shape index (κ1) is 7.02. The number of hydrogen-bond acceptors (Lipinski definition) is 1.